The maximum Gasteiger partial charge on any atom is 0.215 e. The molecule has 5 nitrogen and oxygen atoms in total. The zero-order chi connectivity index (χ0) is 13.3. The maximum absolute atomic E-state index is 12.4. The van der Waals surface area contributed by atoms with E-state index in [1.54, 1.807) is 32.4 Å². The zero-order valence-corrected chi connectivity index (χ0v) is 12.8. The van der Waals surface area contributed by atoms with Gasteiger partial charge in [-0.2, -0.15) is 0 Å². The molecule has 7 heteroatoms. The summed E-state index contributed by atoms with van der Waals surface area (Å²) in [6, 6.07) is 5.22. The molecule has 0 bridgehead atoms. The van der Waals surface area contributed by atoms with Crippen molar-refractivity contribution >= 4 is 37.6 Å². The van der Waals surface area contributed by atoms with E-state index in [2.05, 4.69) is 42.2 Å². The van der Waals surface area contributed by atoms with E-state index in [0.717, 1.165) is 0 Å². The third-order valence-electron chi connectivity index (χ3n) is 2.42. The average Bonchev–Trinajstić information content (AvgIpc) is 2.69. The van der Waals surface area contributed by atoms with Crippen molar-refractivity contribution in [1.82, 2.24) is 15.0 Å². The molecule has 0 amide bonds. The number of aromatic nitrogens is 3. The quantitative estimate of drug-likeness (QED) is 0.775. The number of carbonyl (C=O) groups is 1. The number of methoxy groups -OCH3 is 1. The Morgan fingerprint density at radius 1 is 1.39 bits per heavy atom. The second-order valence-corrected chi connectivity index (χ2v) is 5.13. The third kappa shape index (κ3) is 2.32. The Morgan fingerprint density at radius 2 is 2.11 bits per heavy atom. The van der Waals surface area contributed by atoms with Gasteiger partial charge in [-0.1, -0.05) is 21.1 Å². The van der Waals surface area contributed by atoms with Gasteiger partial charge in [0, 0.05) is 17.1 Å². The number of rotatable bonds is 3. The topological polar surface area (TPSA) is 57.0 Å². The van der Waals surface area contributed by atoms with Gasteiger partial charge in [-0.05, 0) is 34.1 Å². The number of hydrogen-bond acceptors (Lipinski definition) is 4. The van der Waals surface area contributed by atoms with Gasteiger partial charge in [0.25, 0.3) is 0 Å². The van der Waals surface area contributed by atoms with Crippen LogP contribution in [0.25, 0.3) is 0 Å². The van der Waals surface area contributed by atoms with Crippen molar-refractivity contribution < 1.29 is 9.53 Å². The van der Waals surface area contributed by atoms with Gasteiger partial charge in [0.1, 0.15) is 11.4 Å². The Balaban J connectivity index is 2.52. The highest BCUT2D eigenvalue weighted by atomic mass is 79.9. The van der Waals surface area contributed by atoms with E-state index in [9.17, 15) is 4.79 Å². The number of hydrogen-bond donors (Lipinski definition) is 0. The lowest BCUT2D eigenvalue weighted by Crippen LogP contribution is -2.09. The SMILES string of the molecule is COc1ccc(Br)c(C(=O)c2c(Br)nnn2C)c1. The van der Waals surface area contributed by atoms with Gasteiger partial charge in [-0.3, -0.25) is 4.79 Å². The summed E-state index contributed by atoms with van der Waals surface area (Å²) >= 11 is 6.57. The van der Waals surface area contributed by atoms with Crippen LogP contribution in [0.1, 0.15) is 16.1 Å². The first-order chi connectivity index (χ1) is 8.54. The molecule has 1 aromatic carbocycles. The number of ether oxygens (including phenoxy) is 1. The smallest absolute Gasteiger partial charge is 0.215 e. The Bertz CT molecular complexity index is 591. The molecule has 0 saturated carbocycles. The standard InChI is InChI=1S/C11H9Br2N3O2/c1-16-9(11(13)14-15-16)10(17)7-5-6(18-2)3-4-8(7)12/h3-5H,1-2H3. The number of halogens is 2. The van der Waals surface area contributed by atoms with E-state index in [1.807, 2.05) is 0 Å². The van der Waals surface area contributed by atoms with E-state index >= 15 is 0 Å². The van der Waals surface area contributed by atoms with Gasteiger partial charge in [0.15, 0.2) is 4.60 Å². The van der Waals surface area contributed by atoms with Crippen LogP contribution in [0.2, 0.25) is 0 Å². The summed E-state index contributed by atoms with van der Waals surface area (Å²) < 4.78 is 7.66. The van der Waals surface area contributed by atoms with Crippen molar-refractivity contribution in [2.45, 2.75) is 0 Å². The molecular weight excluding hydrogens is 366 g/mol. The number of benzene rings is 1. The molecule has 0 unspecified atom stereocenters. The molecule has 94 valence electrons. The van der Waals surface area contributed by atoms with E-state index in [1.165, 1.54) is 4.68 Å². The molecule has 0 aliphatic heterocycles. The lowest BCUT2D eigenvalue weighted by atomic mass is 10.1. The monoisotopic (exact) mass is 373 g/mol. The fourth-order valence-corrected chi connectivity index (χ4v) is 2.44. The third-order valence-corrected chi connectivity index (χ3v) is 3.64. The Hall–Kier alpha value is -1.21. The predicted octanol–water partition coefficient (Wildman–Crippen LogP) is 2.58. The van der Waals surface area contributed by atoms with Crippen LogP contribution < -0.4 is 4.74 Å². The minimum absolute atomic E-state index is 0.180. The minimum Gasteiger partial charge on any atom is -0.497 e. The summed E-state index contributed by atoms with van der Waals surface area (Å²) in [6.45, 7) is 0. The molecule has 0 atom stereocenters. The highest BCUT2D eigenvalue weighted by molar-refractivity contribution is 9.10. The first kappa shape index (κ1) is 13.2. The fraction of sp³-hybridized carbons (Fsp3) is 0.182. The number of carbonyl (C=O) groups excluding carboxylic acids is 1. The normalized spacial score (nSPS) is 10.4. The predicted molar refractivity (Wildman–Crippen MR) is 72.8 cm³/mol. The summed E-state index contributed by atoms with van der Waals surface area (Å²) in [5.74, 6) is 0.438. The van der Waals surface area contributed by atoms with Gasteiger partial charge in [-0.25, -0.2) is 4.68 Å². The van der Waals surface area contributed by atoms with Crippen LogP contribution >= 0.6 is 31.9 Å². The lowest BCUT2D eigenvalue weighted by molar-refractivity contribution is 0.102. The summed E-state index contributed by atoms with van der Waals surface area (Å²) in [5, 5.41) is 7.58. The molecule has 0 spiro atoms. The number of ketones is 1. The zero-order valence-electron chi connectivity index (χ0n) is 9.65. The summed E-state index contributed by atoms with van der Waals surface area (Å²) in [4.78, 5) is 12.4. The van der Waals surface area contributed by atoms with Crippen molar-refractivity contribution in [2.75, 3.05) is 7.11 Å². The van der Waals surface area contributed by atoms with Crippen molar-refractivity contribution in [3.05, 3.63) is 38.5 Å². The Labute approximate surface area is 120 Å². The number of nitrogens with zero attached hydrogens (tertiary/aromatic N) is 3. The molecule has 0 fully saturated rings. The maximum atomic E-state index is 12.4. The van der Waals surface area contributed by atoms with Gasteiger partial charge >= 0.3 is 0 Å². The van der Waals surface area contributed by atoms with Crippen LogP contribution in [0.4, 0.5) is 0 Å². The van der Waals surface area contributed by atoms with Crippen LogP contribution in [-0.2, 0) is 7.05 Å². The molecule has 2 aromatic rings. The van der Waals surface area contributed by atoms with Crippen molar-refractivity contribution in [3.63, 3.8) is 0 Å². The molecular formula is C11H9Br2N3O2. The van der Waals surface area contributed by atoms with Crippen LogP contribution in [-0.4, -0.2) is 27.9 Å². The second kappa shape index (κ2) is 5.19. The molecule has 0 saturated heterocycles. The fourth-order valence-electron chi connectivity index (χ4n) is 1.51. The van der Waals surface area contributed by atoms with Crippen molar-refractivity contribution in [3.8, 4) is 5.75 Å². The summed E-state index contributed by atoms with van der Waals surface area (Å²) in [7, 11) is 3.22. The first-order valence-electron chi connectivity index (χ1n) is 4.98. The van der Waals surface area contributed by atoms with Crippen LogP contribution in [0.5, 0.6) is 5.75 Å². The molecule has 0 N–H and O–H groups in total. The molecule has 1 aromatic heterocycles. The molecule has 1 heterocycles. The largest absolute Gasteiger partial charge is 0.497 e. The highest BCUT2D eigenvalue weighted by Gasteiger charge is 2.21. The van der Waals surface area contributed by atoms with E-state index in [0.29, 0.717) is 26.1 Å². The summed E-state index contributed by atoms with van der Waals surface area (Å²) in [5.41, 5.74) is 0.893. The van der Waals surface area contributed by atoms with Crippen LogP contribution in [0.3, 0.4) is 0 Å². The van der Waals surface area contributed by atoms with Crippen LogP contribution in [0.15, 0.2) is 27.3 Å². The van der Waals surface area contributed by atoms with E-state index < -0.39 is 0 Å². The molecule has 0 radical (unpaired) electrons. The molecule has 0 aliphatic carbocycles. The van der Waals surface area contributed by atoms with E-state index in [4.69, 9.17) is 4.74 Å². The van der Waals surface area contributed by atoms with Gasteiger partial charge in [-0.15, -0.1) is 5.10 Å². The molecule has 2 rings (SSSR count). The molecule has 18 heavy (non-hydrogen) atoms. The highest BCUT2D eigenvalue weighted by Crippen LogP contribution is 2.26. The Morgan fingerprint density at radius 3 is 2.67 bits per heavy atom. The van der Waals surface area contributed by atoms with Gasteiger partial charge < -0.3 is 4.74 Å². The van der Waals surface area contributed by atoms with Crippen molar-refractivity contribution in [2.24, 2.45) is 7.05 Å². The lowest BCUT2D eigenvalue weighted by Gasteiger charge is -2.06. The first-order valence-corrected chi connectivity index (χ1v) is 6.56. The van der Waals surface area contributed by atoms with Crippen LogP contribution in [0, 0.1) is 0 Å². The average molecular weight is 375 g/mol. The number of aryl methyl sites for hydroxylation is 1. The summed E-state index contributed by atoms with van der Waals surface area (Å²) in [6.07, 6.45) is 0. The van der Waals surface area contributed by atoms with Crippen molar-refractivity contribution in [1.29, 1.82) is 0 Å². The second-order valence-electron chi connectivity index (χ2n) is 3.53. The molecule has 0 aliphatic rings. The van der Waals surface area contributed by atoms with Gasteiger partial charge in [0.05, 0.1) is 7.11 Å². The Kier molecular flexibility index (Phi) is 3.82. The minimum atomic E-state index is -0.180. The van der Waals surface area contributed by atoms with E-state index in [-0.39, 0.29) is 5.78 Å². The van der Waals surface area contributed by atoms with Gasteiger partial charge in [0.2, 0.25) is 5.78 Å².